The summed E-state index contributed by atoms with van der Waals surface area (Å²) in [4.78, 5) is 17.9. The Balaban J connectivity index is 1.89. The zero-order valence-electron chi connectivity index (χ0n) is 14.3. The van der Waals surface area contributed by atoms with Crippen molar-refractivity contribution >= 4 is 17.7 Å². The van der Waals surface area contributed by atoms with Gasteiger partial charge < -0.3 is 10.4 Å². The SMILES string of the molecule is CSc1nccc(-c2cnc(NCC(C)(C)O)nc2CC2CC2)n1. The molecule has 0 aliphatic heterocycles. The lowest BCUT2D eigenvalue weighted by Crippen LogP contribution is -2.30. The third-order valence-electron chi connectivity index (χ3n) is 3.82. The first-order valence-corrected chi connectivity index (χ1v) is 9.36. The van der Waals surface area contributed by atoms with Gasteiger partial charge in [0, 0.05) is 24.5 Å². The maximum atomic E-state index is 9.86. The summed E-state index contributed by atoms with van der Waals surface area (Å²) in [7, 11) is 0. The molecule has 0 atom stereocenters. The van der Waals surface area contributed by atoms with E-state index >= 15 is 0 Å². The van der Waals surface area contributed by atoms with Gasteiger partial charge in [0.1, 0.15) is 0 Å². The van der Waals surface area contributed by atoms with Crippen LogP contribution < -0.4 is 5.32 Å². The van der Waals surface area contributed by atoms with Gasteiger partial charge in [0.15, 0.2) is 5.16 Å². The van der Waals surface area contributed by atoms with Crippen LogP contribution in [-0.2, 0) is 6.42 Å². The summed E-state index contributed by atoms with van der Waals surface area (Å²) in [5, 5.41) is 13.7. The lowest BCUT2D eigenvalue weighted by atomic mass is 10.1. The molecule has 0 aromatic carbocycles. The fraction of sp³-hybridized carbons (Fsp3) is 0.529. The van der Waals surface area contributed by atoms with E-state index in [-0.39, 0.29) is 0 Å². The maximum absolute atomic E-state index is 9.86. The second kappa shape index (κ2) is 7.03. The molecule has 1 saturated carbocycles. The van der Waals surface area contributed by atoms with Crippen LogP contribution in [0.15, 0.2) is 23.6 Å². The fourth-order valence-corrected chi connectivity index (χ4v) is 2.71. The van der Waals surface area contributed by atoms with Gasteiger partial charge in [0.05, 0.1) is 17.0 Å². The molecule has 0 spiro atoms. The maximum Gasteiger partial charge on any atom is 0.222 e. The van der Waals surface area contributed by atoms with Crippen LogP contribution in [0.5, 0.6) is 0 Å². The predicted octanol–water partition coefficient (Wildman–Crippen LogP) is 2.79. The number of thioether (sulfide) groups is 1. The lowest BCUT2D eigenvalue weighted by molar-refractivity contribution is 0.0943. The summed E-state index contributed by atoms with van der Waals surface area (Å²) in [6.07, 6.45) is 9.02. The molecule has 3 rings (SSSR count). The fourth-order valence-electron chi connectivity index (χ4n) is 2.35. The van der Waals surface area contributed by atoms with Crippen LogP contribution in [-0.4, -0.2) is 43.4 Å². The molecule has 0 unspecified atom stereocenters. The standard InChI is InChI=1S/C17H23N5OS/c1-17(2,23)10-20-15-19-9-12(14(21-15)8-11-4-5-11)13-6-7-18-16(22-13)24-3/h6-7,9,11,23H,4-5,8,10H2,1-3H3,(H,19,20,21). The van der Waals surface area contributed by atoms with Crippen LogP contribution in [0.4, 0.5) is 5.95 Å². The molecule has 0 radical (unpaired) electrons. The molecule has 0 amide bonds. The van der Waals surface area contributed by atoms with Crippen LogP contribution >= 0.6 is 11.8 Å². The Morgan fingerprint density at radius 1 is 1.29 bits per heavy atom. The zero-order valence-corrected chi connectivity index (χ0v) is 15.1. The highest BCUT2D eigenvalue weighted by molar-refractivity contribution is 7.98. The van der Waals surface area contributed by atoms with Gasteiger partial charge >= 0.3 is 0 Å². The van der Waals surface area contributed by atoms with Gasteiger partial charge in [-0.25, -0.2) is 19.9 Å². The van der Waals surface area contributed by atoms with Crippen molar-refractivity contribution in [3.8, 4) is 11.3 Å². The van der Waals surface area contributed by atoms with Crippen molar-refractivity contribution in [2.45, 2.75) is 43.9 Å². The second-order valence-electron chi connectivity index (χ2n) is 6.80. The van der Waals surface area contributed by atoms with Crippen LogP contribution in [0.2, 0.25) is 0 Å². The Bertz CT molecular complexity index is 712. The van der Waals surface area contributed by atoms with Gasteiger partial charge in [-0.3, -0.25) is 0 Å². The molecule has 0 saturated heterocycles. The Labute approximate surface area is 146 Å². The van der Waals surface area contributed by atoms with Crippen molar-refractivity contribution in [3.63, 3.8) is 0 Å². The van der Waals surface area contributed by atoms with Crippen molar-refractivity contribution in [2.75, 3.05) is 18.1 Å². The van der Waals surface area contributed by atoms with Crippen molar-refractivity contribution in [3.05, 3.63) is 24.2 Å². The first-order valence-electron chi connectivity index (χ1n) is 8.14. The van der Waals surface area contributed by atoms with Crippen molar-refractivity contribution in [1.29, 1.82) is 0 Å². The van der Waals surface area contributed by atoms with Crippen molar-refractivity contribution < 1.29 is 5.11 Å². The van der Waals surface area contributed by atoms with Gasteiger partial charge in [-0.05, 0) is 51.3 Å². The largest absolute Gasteiger partial charge is 0.389 e. The smallest absolute Gasteiger partial charge is 0.222 e. The number of anilines is 1. The number of hydrogen-bond donors (Lipinski definition) is 2. The quantitative estimate of drug-likeness (QED) is 0.589. The molecule has 0 bridgehead atoms. The number of aliphatic hydroxyl groups is 1. The summed E-state index contributed by atoms with van der Waals surface area (Å²) >= 11 is 1.52. The predicted molar refractivity (Wildman–Crippen MR) is 96.1 cm³/mol. The van der Waals surface area contributed by atoms with E-state index in [4.69, 9.17) is 0 Å². The molecular weight excluding hydrogens is 322 g/mol. The van der Waals surface area contributed by atoms with Gasteiger partial charge in [0.2, 0.25) is 5.95 Å². The van der Waals surface area contributed by atoms with Crippen LogP contribution in [0.1, 0.15) is 32.4 Å². The molecule has 1 fully saturated rings. The second-order valence-corrected chi connectivity index (χ2v) is 7.57. The molecule has 1 aliphatic rings. The van der Waals surface area contributed by atoms with E-state index in [1.807, 2.05) is 18.5 Å². The molecule has 7 heteroatoms. The van der Waals surface area contributed by atoms with E-state index in [0.29, 0.717) is 18.4 Å². The minimum atomic E-state index is -0.807. The highest BCUT2D eigenvalue weighted by Crippen LogP contribution is 2.35. The van der Waals surface area contributed by atoms with E-state index in [2.05, 4.69) is 25.3 Å². The van der Waals surface area contributed by atoms with Gasteiger partial charge in [-0.2, -0.15) is 0 Å². The molecule has 24 heavy (non-hydrogen) atoms. The van der Waals surface area contributed by atoms with Crippen molar-refractivity contribution in [2.24, 2.45) is 5.92 Å². The van der Waals surface area contributed by atoms with E-state index < -0.39 is 5.60 Å². The molecule has 2 N–H and O–H groups in total. The highest BCUT2D eigenvalue weighted by atomic mass is 32.2. The van der Waals surface area contributed by atoms with Crippen LogP contribution in [0.25, 0.3) is 11.3 Å². The molecule has 1 aliphatic carbocycles. The summed E-state index contributed by atoms with van der Waals surface area (Å²) in [6, 6.07) is 1.90. The molecule has 2 heterocycles. The average Bonchev–Trinajstić information content (AvgIpc) is 3.36. The summed E-state index contributed by atoms with van der Waals surface area (Å²) in [6.45, 7) is 3.91. The molecule has 2 aromatic rings. The van der Waals surface area contributed by atoms with Gasteiger partial charge in [-0.1, -0.05) is 11.8 Å². The Hall–Kier alpha value is -1.73. The first kappa shape index (κ1) is 17.1. The topological polar surface area (TPSA) is 83.8 Å². The van der Waals surface area contributed by atoms with Crippen LogP contribution in [0.3, 0.4) is 0 Å². The molecule has 2 aromatic heterocycles. The van der Waals surface area contributed by atoms with Crippen LogP contribution in [0, 0.1) is 5.92 Å². The normalized spacial score (nSPS) is 14.7. The number of aromatic nitrogens is 4. The third-order valence-corrected chi connectivity index (χ3v) is 4.38. The zero-order chi connectivity index (χ0) is 17.2. The van der Waals surface area contributed by atoms with Gasteiger partial charge in [0.25, 0.3) is 0 Å². The van der Waals surface area contributed by atoms with E-state index in [1.165, 1.54) is 24.6 Å². The number of nitrogens with zero attached hydrogens (tertiary/aromatic N) is 4. The summed E-state index contributed by atoms with van der Waals surface area (Å²) < 4.78 is 0. The summed E-state index contributed by atoms with van der Waals surface area (Å²) in [5.74, 6) is 1.26. The highest BCUT2D eigenvalue weighted by Gasteiger charge is 2.25. The number of rotatable bonds is 7. The van der Waals surface area contributed by atoms with E-state index in [1.54, 1.807) is 20.0 Å². The van der Waals surface area contributed by atoms with Gasteiger partial charge in [-0.15, -0.1) is 0 Å². The van der Waals surface area contributed by atoms with E-state index in [0.717, 1.165) is 28.5 Å². The molecular formula is C17H23N5OS. The first-order chi connectivity index (χ1) is 11.4. The Morgan fingerprint density at radius 3 is 2.75 bits per heavy atom. The lowest BCUT2D eigenvalue weighted by Gasteiger charge is -2.18. The third kappa shape index (κ3) is 4.64. The monoisotopic (exact) mass is 345 g/mol. The minimum absolute atomic E-state index is 0.402. The average molecular weight is 345 g/mol. The molecule has 128 valence electrons. The Kier molecular flexibility index (Phi) is 5.01. The Morgan fingerprint density at radius 2 is 2.08 bits per heavy atom. The minimum Gasteiger partial charge on any atom is -0.389 e. The van der Waals surface area contributed by atoms with E-state index in [9.17, 15) is 5.11 Å². The number of nitrogens with one attached hydrogen (secondary N) is 1. The number of hydrogen-bond acceptors (Lipinski definition) is 7. The van der Waals surface area contributed by atoms with Crippen molar-refractivity contribution in [1.82, 2.24) is 19.9 Å². The summed E-state index contributed by atoms with van der Waals surface area (Å²) in [5.41, 5.74) is 2.03. The molecule has 6 nitrogen and oxygen atoms in total.